The minimum atomic E-state index is -0.583. The summed E-state index contributed by atoms with van der Waals surface area (Å²) in [5, 5.41) is 13.5. The highest BCUT2D eigenvalue weighted by molar-refractivity contribution is 7.11. The summed E-state index contributed by atoms with van der Waals surface area (Å²) >= 11 is 1.53. The van der Waals surface area contributed by atoms with Crippen LogP contribution in [0.4, 0.5) is 0 Å². The quantitative estimate of drug-likeness (QED) is 0.424. The van der Waals surface area contributed by atoms with Crippen molar-refractivity contribution in [2.75, 3.05) is 0 Å². The molecule has 25 heavy (non-hydrogen) atoms. The minimum Gasteiger partial charge on any atom is -0.349 e. The van der Waals surface area contributed by atoms with Crippen LogP contribution >= 0.6 is 11.3 Å². The van der Waals surface area contributed by atoms with E-state index in [1.165, 1.54) is 17.4 Å². The second kappa shape index (κ2) is 7.92. The van der Waals surface area contributed by atoms with Crippen molar-refractivity contribution in [2.45, 2.75) is 18.9 Å². The third-order valence-corrected chi connectivity index (χ3v) is 4.63. The maximum absolute atomic E-state index is 12.5. The van der Waals surface area contributed by atoms with Crippen LogP contribution in [0.2, 0.25) is 0 Å². The van der Waals surface area contributed by atoms with Crippen LogP contribution in [0.3, 0.4) is 0 Å². The topological polar surface area (TPSA) is 78.4 Å². The molecule has 3 rings (SSSR count). The Morgan fingerprint density at radius 2 is 1.84 bits per heavy atom. The van der Waals surface area contributed by atoms with Gasteiger partial charge < -0.3 is 5.32 Å². The molecule has 0 radical (unpaired) electrons. The van der Waals surface area contributed by atoms with E-state index in [0.29, 0.717) is 11.6 Å². The fourth-order valence-corrected chi connectivity index (χ4v) is 2.99. The zero-order chi connectivity index (χ0) is 17.6. The number of hydrogen-bond acceptors (Lipinski definition) is 4. The molecule has 1 saturated carbocycles. The van der Waals surface area contributed by atoms with Crippen LogP contribution in [0.1, 0.15) is 28.8 Å². The highest BCUT2D eigenvalue weighted by Gasteiger charge is 2.25. The average Bonchev–Trinajstić information content (AvgIpc) is 3.28. The van der Waals surface area contributed by atoms with E-state index in [4.69, 9.17) is 5.21 Å². The van der Waals surface area contributed by atoms with Crippen LogP contribution in [0.15, 0.2) is 47.9 Å². The molecule has 1 heterocycles. The zero-order valence-corrected chi connectivity index (χ0v) is 14.3. The SMILES string of the molecule is O=C(C=Cc1ccc(C=C(C(=O)NC2CC2)c2cccs2)cc1)NO. The van der Waals surface area contributed by atoms with Gasteiger partial charge >= 0.3 is 0 Å². The molecule has 0 unspecified atom stereocenters. The molecule has 6 heteroatoms. The second-order valence-corrected chi connectivity index (χ2v) is 6.71. The Hall–Kier alpha value is -2.70. The Bertz CT molecular complexity index is 804. The smallest absolute Gasteiger partial charge is 0.267 e. The molecular formula is C19H18N2O3S. The van der Waals surface area contributed by atoms with E-state index in [-0.39, 0.29) is 5.91 Å². The van der Waals surface area contributed by atoms with E-state index in [1.807, 2.05) is 47.9 Å². The van der Waals surface area contributed by atoms with Gasteiger partial charge in [-0.05, 0) is 47.6 Å². The monoisotopic (exact) mass is 354 g/mol. The first kappa shape index (κ1) is 17.1. The highest BCUT2D eigenvalue weighted by atomic mass is 32.1. The molecule has 5 nitrogen and oxygen atoms in total. The first-order valence-electron chi connectivity index (χ1n) is 7.94. The van der Waals surface area contributed by atoms with Crippen molar-refractivity contribution in [3.05, 3.63) is 63.9 Å². The Balaban J connectivity index is 1.80. The third kappa shape index (κ3) is 4.89. The number of nitrogens with one attached hydrogen (secondary N) is 2. The molecule has 128 valence electrons. The summed E-state index contributed by atoms with van der Waals surface area (Å²) < 4.78 is 0. The van der Waals surface area contributed by atoms with Gasteiger partial charge in [0.25, 0.3) is 11.8 Å². The first-order chi connectivity index (χ1) is 12.2. The van der Waals surface area contributed by atoms with Gasteiger partial charge in [0.1, 0.15) is 0 Å². The van der Waals surface area contributed by atoms with Crippen LogP contribution in [0.5, 0.6) is 0 Å². The van der Waals surface area contributed by atoms with Gasteiger partial charge in [-0.1, -0.05) is 30.3 Å². The molecule has 2 aromatic rings. The summed E-state index contributed by atoms with van der Waals surface area (Å²) in [5.74, 6) is -0.630. The number of hydroxylamine groups is 1. The number of thiophene rings is 1. The molecule has 0 atom stereocenters. The second-order valence-electron chi connectivity index (χ2n) is 5.76. The molecular weight excluding hydrogens is 336 g/mol. The van der Waals surface area contributed by atoms with E-state index >= 15 is 0 Å². The van der Waals surface area contributed by atoms with E-state index in [2.05, 4.69) is 5.32 Å². The molecule has 1 aromatic heterocycles. The highest BCUT2D eigenvalue weighted by Crippen LogP contribution is 2.26. The van der Waals surface area contributed by atoms with Crippen molar-refractivity contribution in [3.63, 3.8) is 0 Å². The molecule has 3 N–H and O–H groups in total. The molecule has 1 aromatic carbocycles. The largest absolute Gasteiger partial charge is 0.349 e. The number of carbonyl (C=O) groups is 2. The van der Waals surface area contributed by atoms with Crippen LogP contribution in [0.25, 0.3) is 17.7 Å². The fourth-order valence-electron chi connectivity index (χ4n) is 2.25. The molecule has 2 amide bonds. The van der Waals surface area contributed by atoms with Gasteiger partial charge in [0, 0.05) is 17.0 Å². The molecule has 1 aliphatic rings. The number of hydrogen-bond donors (Lipinski definition) is 3. The maximum atomic E-state index is 12.5. The number of amides is 2. The maximum Gasteiger partial charge on any atom is 0.267 e. The summed E-state index contributed by atoms with van der Waals surface area (Å²) in [6.45, 7) is 0. The lowest BCUT2D eigenvalue weighted by atomic mass is 10.1. The van der Waals surface area contributed by atoms with Gasteiger partial charge in [0.2, 0.25) is 0 Å². The summed E-state index contributed by atoms with van der Waals surface area (Å²) in [5.41, 5.74) is 3.92. The summed E-state index contributed by atoms with van der Waals surface area (Å²) in [7, 11) is 0. The van der Waals surface area contributed by atoms with Gasteiger partial charge in [-0.2, -0.15) is 0 Å². The number of rotatable bonds is 6. The van der Waals surface area contributed by atoms with Crippen molar-refractivity contribution in [1.29, 1.82) is 0 Å². The van der Waals surface area contributed by atoms with E-state index in [9.17, 15) is 9.59 Å². The molecule has 0 aliphatic heterocycles. The number of benzene rings is 1. The average molecular weight is 354 g/mol. The first-order valence-corrected chi connectivity index (χ1v) is 8.82. The Kier molecular flexibility index (Phi) is 5.42. The summed E-state index contributed by atoms with van der Waals surface area (Å²) in [6.07, 6.45) is 6.80. The van der Waals surface area contributed by atoms with Crippen LogP contribution in [-0.2, 0) is 9.59 Å². The lowest BCUT2D eigenvalue weighted by Crippen LogP contribution is -2.26. The summed E-state index contributed by atoms with van der Waals surface area (Å²) in [6, 6.07) is 11.6. The molecule has 0 saturated heterocycles. The standard InChI is InChI=1S/C19H18N2O3S/c22-18(21-24)10-7-13-3-5-14(6-4-13)12-16(17-2-1-11-25-17)19(23)20-15-8-9-15/h1-7,10-12,15,24H,8-9H2,(H,20,23)(H,21,22). The van der Waals surface area contributed by atoms with Crippen molar-refractivity contribution in [2.24, 2.45) is 0 Å². The zero-order valence-electron chi connectivity index (χ0n) is 13.4. The van der Waals surface area contributed by atoms with Gasteiger partial charge in [0.15, 0.2) is 0 Å². The van der Waals surface area contributed by atoms with Gasteiger partial charge in [0.05, 0.1) is 5.57 Å². The van der Waals surface area contributed by atoms with Crippen LogP contribution in [-0.4, -0.2) is 23.1 Å². The van der Waals surface area contributed by atoms with Crippen LogP contribution < -0.4 is 10.8 Å². The predicted molar refractivity (Wildman–Crippen MR) is 98.8 cm³/mol. The summed E-state index contributed by atoms with van der Waals surface area (Å²) in [4.78, 5) is 24.5. The number of carbonyl (C=O) groups excluding carboxylic acids is 2. The Morgan fingerprint density at radius 3 is 2.44 bits per heavy atom. The Labute approximate surface area is 149 Å². The van der Waals surface area contributed by atoms with Crippen molar-refractivity contribution in [3.8, 4) is 0 Å². The Morgan fingerprint density at radius 1 is 1.12 bits per heavy atom. The lowest BCUT2D eigenvalue weighted by molar-refractivity contribution is -0.124. The van der Waals surface area contributed by atoms with E-state index in [1.54, 1.807) is 11.6 Å². The molecule has 1 fully saturated rings. The van der Waals surface area contributed by atoms with Gasteiger partial charge in [-0.15, -0.1) is 11.3 Å². The van der Waals surface area contributed by atoms with E-state index < -0.39 is 5.91 Å². The van der Waals surface area contributed by atoms with Crippen molar-refractivity contribution >= 4 is 40.9 Å². The fraction of sp³-hybridized carbons (Fsp3) is 0.158. The van der Waals surface area contributed by atoms with Crippen molar-refractivity contribution in [1.82, 2.24) is 10.8 Å². The minimum absolute atomic E-state index is 0.0476. The third-order valence-electron chi connectivity index (χ3n) is 3.73. The molecule has 0 spiro atoms. The molecule has 1 aliphatic carbocycles. The predicted octanol–water partition coefficient (Wildman–Crippen LogP) is 3.09. The normalized spacial score (nSPS) is 14.5. The van der Waals surface area contributed by atoms with Crippen molar-refractivity contribution < 1.29 is 14.8 Å². The lowest BCUT2D eigenvalue weighted by Gasteiger charge is -2.07. The van der Waals surface area contributed by atoms with Gasteiger partial charge in [-0.25, -0.2) is 5.48 Å². The van der Waals surface area contributed by atoms with E-state index in [0.717, 1.165) is 28.8 Å². The van der Waals surface area contributed by atoms with Gasteiger partial charge in [-0.3, -0.25) is 14.8 Å². The van der Waals surface area contributed by atoms with Crippen LogP contribution in [0, 0.1) is 0 Å². The molecule has 0 bridgehead atoms.